The van der Waals surface area contributed by atoms with Gasteiger partial charge in [0, 0.05) is 18.2 Å². The number of H-pyrrole nitrogens is 1. The van der Waals surface area contributed by atoms with Crippen LogP contribution < -0.4 is 4.90 Å². The maximum Gasteiger partial charge on any atom is 0.147 e. The van der Waals surface area contributed by atoms with Crippen LogP contribution in [0.1, 0.15) is 39.7 Å². The molecule has 0 aliphatic carbocycles. The number of aromatic nitrogens is 3. The molecule has 6 nitrogen and oxygen atoms in total. The second-order valence-corrected chi connectivity index (χ2v) is 6.69. The Morgan fingerprint density at radius 1 is 1.31 bits per heavy atom. The summed E-state index contributed by atoms with van der Waals surface area (Å²) in [5, 5.41) is 19.5. The van der Waals surface area contributed by atoms with Gasteiger partial charge in [-0.2, -0.15) is 5.26 Å². The summed E-state index contributed by atoms with van der Waals surface area (Å²) in [6, 6.07) is 11.5. The number of aromatic amines is 1. The number of aryl methyl sites for hydroxylation is 2. The third kappa shape index (κ3) is 2.68. The van der Waals surface area contributed by atoms with Crippen molar-refractivity contribution in [1.82, 2.24) is 15.0 Å². The number of nitrogens with zero attached hydrogens (tertiary/aromatic N) is 4. The Labute approximate surface area is 151 Å². The Balaban J connectivity index is 1.81. The van der Waals surface area contributed by atoms with E-state index in [0.29, 0.717) is 24.5 Å². The highest BCUT2D eigenvalue weighted by molar-refractivity contribution is 5.59. The van der Waals surface area contributed by atoms with E-state index in [9.17, 15) is 10.4 Å². The van der Waals surface area contributed by atoms with Gasteiger partial charge in [-0.1, -0.05) is 12.1 Å². The summed E-state index contributed by atoms with van der Waals surface area (Å²) in [6.45, 7) is 5.14. The molecular formula is C20H19N5O. The Morgan fingerprint density at radius 3 is 2.92 bits per heavy atom. The average molecular weight is 345 g/mol. The fourth-order valence-electron chi connectivity index (χ4n) is 3.67. The summed E-state index contributed by atoms with van der Waals surface area (Å²) in [7, 11) is 0. The van der Waals surface area contributed by atoms with Crippen molar-refractivity contribution in [3.8, 4) is 11.8 Å². The van der Waals surface area contributed by atoms with Gasteiger partial charge in [0.1, 0.15) is 17.6 Å². The smallest absolute Gasteiger partial charge is 0.147 e. The molecule has 3 aromatic rings. The second kappa shape index (κ2) is 6.19. The standard InChI is InChI=1S/C20H19N5O/c1-12-6-13(2)24-20(16(12)8-21)25-9-17(14-4-3-5-15(26)7-14)19-18(10-25)22-11-23-19/h3-7,11,17,26H,9-10H2,1-2H3,(H,22,23). The van der Waals surface area contributed by atoms with Crippen molar-refractivity contribution in [1.29, 1.82) is 5.26 Å². The van der Waals surface area contributed by atoms with E-state index in [1.807, 2.05) is 32.0 Å². The van der Waals surface area contributed by atoms with Gasteiger partial charge in [0.05, 0.1) is 29.8 Å². The number of anilines is 1. The summed E-state index contributed by atoms with van der Waals surface area (Å²) >= 11 is 0. The molecule has 26 heavy (non-hydrogen) atoms. The van der Waals surface area contributed by atoms with Gasteiger partial charge in [0.2, 0.25) is 0 Å². The van der Waals surface area contributed by atoms with Crippen LogP contribution in [-0.2, 0) is 6.54 Å². The maximum absolute atomic E-state index is 9.88. The fourth-order valence-corrected chi connectivity index (χ4v) is 3.67. The van der Waals surface area contributed by atoms with Gasteiger partial charge in [0.25, 0.3) is 0 Å². The van der Waals surface area contributed by atoms with Gasteiger partial charge in [-0.25, -0.2) is 9.97 Å². The molecule has 6 heteroatoms. The zero-order chi connectivity index (χ0) is 18.3. The van der Waals surface area contributed by atoms with Gasteiger partial charge in [-0.15, -0.1) is 0 Å². The minimum absolute atomic E-state index is 0.00809. The molecule has 0 spiro atoms. The highest BCUT2D eigenvalue weighted by Gasteiger charge is 2.31. The number of pyridine rings is 1. The van der Waals surface area contributed by atoms with Crippen LogP contribution in [0, 0.1) is 25.2 Å². The molecule has 1 atom stereocenters. The van der Waals surface area contributed by atoms with Crippen molar-refractivity contribution in [2.75, 3.05) is 11.4 Å². The SMILES string of the molecule is Cc1cc(C)c(C#N)c(N2Cc3[nH]cnc3C(c3cccc(O)c3)C2)n1. The normalized spacial score (nSPS) is 16.2. The monoisotopic (exact) mass is 345 g/mol. The molecule has 0 fully saturated rings. The number of hydrogen-bond acceptors (Lipinski definition) is 5. The Kier molecular flexibility index (Phi) is 3.85. The third-order valence-electron chi connectivity index (χ3n) is 4.84. The van der Waals surface area contributed by atoms with E-state index in [1.165, 1.54) is 0 Å². The van der Waals surface area contributed by atoms with E-state index in [0.717, 1.165) is 28.2 Å². The van der Waals surface area contributed by atoms with Gasteiger partial charge < -0.3 is 15.0 Å². The number of hydrogen-bond donors (Lipinski definition) is 2. The largest absolute Gasteiger partial charge is 0.508 e. The Bertz CT molecular complexity index is 1020. The number of rotatable bonds is 2. The zero-order valence-corrected chi connectivity index (χ0v) is 14.7. The van der Waals surface area contributed by atoms with Crippen LogP contribution in [0.4, 0.5) is 5.82 Å². The summed E-state index contributed by atoms with van der Waals surface area (Å²) in [4.78, 5) is 14.5. The van der Waals surface area contributed by atoms with Gasteiger partial charge >= 0.3 is 0 Å². The van der Waals surface area contributed by atoms with E-state index in [1.54, 1.807) is 18.5 Å². The third-order valence-corrected chi connectivity index (χ3v) is 4.84. The van der Waals surface area contributed by atoms with Gasteiger partial charge in [-0.3, -0.25) is 0 Å². The van der Waals surface area contributed by atoms with Gasteiger partial charge in [0.15, 0.2) is 0 Å². The number of fused-ring (bicyclic) bond motifs is 1. The molecule has 130 valence electrons. The summed E-state index contributed by atoms with van der Waals surface area (Å²) < 4.78 is 0. The molecule has 3 heterocycles. The topological polar surface area (TPSA) is 88.8 Å². The van der Waals surface area contributed by atoms with Crippen LogP contribution in [0.5, 0.6) is 5.75 Å². The predicted octanol–water partition coefficient (Wildman–Crippen LogP) is 3.15. The van der Waals surface area contributed by atoms with Crippen LogP contribution in [-0.4, -0.2) is 26.6 Å². The lowest BCUT2D eigenvalue weighted by atomic mass is 9.90. The lowest BCUT2D eigenvalue weighted by Crippen LogP contribution is -2.35. The number of phenolic OH excluding ortho intramolecular Hbond substituents is 1. The molecule has 0 saturated heterocycles. The molecule has 0 saturated carbocycles. The number of nitrogens with one attached hydrogen (secondary N) is 1. The van der Waals surface area contributed by atoms with Crippen LogP contribution in [0.15, 0.2) is 36.7 Å². The first-order valence-electron chi connectivity index (χ1n) is 8.51. The summed E-state index contributed by atoms with van der Waals surface area (Å²) in [5.74, 6) is 0.931. The molecule has 2 aromatic heterocycles. The lowest BCUT2D eigenvalue weighted by Gasteiger charge is -2.34. The lowest BCUT2D eigenvalue weighted by molar-refractivity contribution is 0.473. The summed E-state index contributed by atoms with van der Waals surface area (Å²) in [5.41, 5.74) is 5.41. The van der Waals surface area contributed by atoms with Crippen LogP contribution in [0.2, 0.25) is 0 Å². The first-order valence-corrected chi connectivity index (χ1v) is 8.51. The van der Waals surface area contributed by atoms with Crippen LogP contribution in [0.3, 0.4) is 0 Å². The number of phenols is 1. The van der Waals surface area contributed by atoms with Crippen LogP contribution >= 0.6 is 0 Å². The summed E-state index contributed by atoms with van der Waals surface area (Å²) in [6.07, 6.45) is 1.70. The molecule has 0 bridgehead atoms. The number of imidazole rings is 1. The molecule has 1 unspecified atom stereocenters. The molecular weight excluding hydrogens is 326 g/mol. The predicted molar refractivity (Wildman–Crippen MR) is 98.0 cm³/mol. The number of benzene rings is 1. The Morgan fingerprint density at radius 2 is 2.15 bits per heavy atom. The van der Waals surface area contributed by atoms with Crippen molar-refractivity contribution in [3.63, 3.8) is 0 Å². The van der Waals surface area contributed by atoms with Gasteiger partial charge in [-0.05, 0) is 43.2 Å². The minimum Gasteiger partial charge on any atom is -0.508 e. The molecule has 1 aromatic carbocycles. The molecule has 4 rings (SSSR count). The minimum atomic E-state index is -0.00809. The fraction of sp³-hybridized carbons (Fsp3) is 0.250. The quantitative estimate of drug-likeness (QED) is 0.745. The van der Waals surface area contributed by atoms with Crippen molar-refractivity contribution in [2.24, 2.45) is 0 Å². The van der Waals surface area contributed by atoms with Crippen molar-refractivity contribution in [3.05, 3.63) is 70.4 Å². The van der Waals surface area contributed by atoms with E-state index >= 15 is 0 Å². The molecule has 0 amide bonds. The molecule has 1 aliphatic rings. The van der Waals surface area contributed by atoms with E-state index in [-0.39, 0.29) is 11.7 Å². The number of aromatic hydroxyl groups is 1. The Hall–Kier alpha value is -3.33. The first-order chi connectivity index (χ1) is 12.6. The average Bonchev–Trinajstić information content (AvgIpc) is 3.09. The van der Waals surface area contributed by atoms with E-state index in [4.69, 9.17) is 0 Å². The maximum atomic E-state index is 9.88. The molecule has 2 N–H and O–H groups in total. The van der Waals surface area contributed by atoms with Crippen molar-refractivity contribution < 1.29 is 5.11 Å². The second-order valence-electron chi connectivity index (χ2n) is 6.69. The zero-order valence-electron chi connectivity index (χ0n) is 14.7. The van der Waals surface area contributed by atoms with Crippen molar-refractivity contribution >= 4 is 5.82 Å². The highest BCUT2D eigenvalue weighted by atomic mass is 16.3. The first kappa shape index (κ1) is 16.2. The molecule has 1 aliphatic heterocycles. The van der Waals surface area contributed by atoms with E-state index < -0.39 is 0 Å². The number of nitriles is 1. The van der Waals surface area contributed by atoms with Crippen molar-refractivity contribution in [2.45, 2.75) is 26.3 Å². The molecule has 0 radical (unpaired) electrons. The van der Waals surface area contributed by atoms with E-state index in [2.05, 4.69) is 25.9 Å². The van der Waals surface area contributed by atoms with Crippen LogP contribution in [0.25, 0.3) is 0 Å². The highest BCUT2D eigenvalue weighted by Crippen LogP contribution is 2.35.